The molecule has 1 fully saturated rings. The zero-order valence-electron chi connectivity index (χ0n) is 21.7. The van der Waals surface area contributed by atoms with Crippen LogP contribution in [0.1, 0.15) is 18.9 Å². The number of nitrogens with two attached hydrogens (primary N) is 1. The third-order valence-corrected chi connectivity index (χ3v) is 6.87. The molecule has 38 heavy (non-hydrogen) atoms. The molecule has 9 heteroatoms. The van der Waals surface area contributed by atoms with E-state index in [1.165, 1.54) is 12.1 Å². The van der Waals surface area contributed by atoms with Crippen LogP contribution in [0.25, 0.3) is 22.0 Å². The van der Waals surface area contributed by atoms with Crippen LogP contribution in [0.15, 0.2) is 71.7 Å². The van der Waals surface area contributed by atoms with Gasteiger partial charge in [-0.05, 0) is 75.4 Å². The van der Waals surface area contributed by atoms with Crippen LogP contribution in [0.5, 0.6) is 11.5 Å². The van der Waals surface area contributed by atoms with Crippen molar-refractivity contribution in [3.63, 3.8) is 0 Å². The minimum absolute atomic E-state index is 0.145. The highest BCUT2D eigenvalue weighted by atomic mass is 19.1. The maximum Gasteiger partial charge on any atom is 0.288 e. The Hall–Kier alpha value is -3.95. The molecule has 2 aromatic heterocycles. The van der Waals surface area contributed by atoms with Gasteiger partial charge in [-0.3, -0.25) is 9.69 Å². The fourth-order valence-electron chi connectivity index (χ4n) is 5.02. The van der Waals surface area contributed by atoms with Gasteiger partial charge in [0.05, 0.1) is 5.39 Å². The summed E-state index contributed by atoms with van der Waals surface area (Å²) >= 11 is 0. The number of halogens is 1. The lowest BCUT2D eigenvalue weighted by atomic mass is 10.1. The summed E-state index contributed by atoms with van der Waals surface area (Å²) in [4.78, 5) is 17.6. The molecule has 1 saturated heterocycles. The van der Waals surface area contributed by atoms with Crippen LogP contribution in [0.4, 0.5) is 10.2 Å². The van der Waals surface area contributed by atoms with E-state index in [4.69, 9.17) is 10.5 Å². The predicted octanol–water partition coefficient (Wildman–Crippen LogP) is 4.66. The molecule has 5 rings (SSSR count). The summed E-state index contributed by atoms with van der Waals surface area (Å²) in [5, 5.41) is 7.28. The Bertz CT molecular complexity index is 1470. The van der Waals surface area contributed by atoms with Crippen molar-refractivity contribution in [1.29, 1.82) is 0 Å². The molecule has 4 aromatic rings. The van der Waals surface area contributed by atoms with Crippen LogP contribution >= 0.6 is 0 Å². The van der Waals surface area contributed by atoms with Gasteiger partial charge < -0.3 is 19.9 Å². The number of likely N-dealkylation sites (N-methyl/N-ethyl adjacent to an activating group) is 1. The molecule has 0 amide bonds. The summed E-state index contributed by atoms with van der Waals surface area (Å²) in [7, 11) is 4.11. The van der Waals surface area contributed by atoms with Crippen LogP contribution in [-0.2, 0) is 0 Å². The first-order chi connectivity index (χ1) is 18.4. The van der Waals surface area contributed by atoms with Crippen molar-refractivity contribution in [3.8, 4) is 22.6 Å². The summed E-state index contributed by atoms with van der Waals surface area (Å²) in [6, 6.07) is 13.6. The summed E-state index contributed by atoms with van der Waals surface area (Å²) in [5.74, 6) is 1.15. The lowest BCUT2D eigenvalue weighted by Crippen LogP contribution is -2.37. The number of H-pyrrole nitrogens is 1. The highest BCUT2D eigenvalue weighted by Crippen LogP contribution is 2.36. The molecule has 0 aliphatic carbocycles. The first kappa shape index (κ1) is 25.7. The largest absolute Gasteiger partial charge is 0.457 e. The Morgan fingerprint density at radius 2 is 1.84 bits per heavy atom. The second kappa shape index (κ2) is 11.2. The van der Waals surface area contributed by atoms with Crippen LogP contribution in [0.2, 0.25) is 0 Å². The quantitative estimate of drug-likeness (QED) is 0.331. The van der Waals surface area contributed by atoms with E-state index in [1.54, 1.807) is 12.1 Å². The van der Waals surface area contributed by atoms with Crippen molar-refractivity contribution in [2.45, 2.75) is 18.9 Å². The molecule has 0 spiro atoms. The van der Waals surface area contributed by atoms with Crippen molar-refractivity contribution in [2.75, 3.05) is 46.0 Å². The number of nitrogen functional groups attached to an aromatic ring is 1. The second-order valence-corrected chi connectivity index (χ2v) is 9.98. The number of benzene rings is 2. The molecular formula is C29H33FN6O2. The molecule has 3 heterocycles. The molecule has 8 nitrogen and oxygen atoms in total. The van der Waals surface area contributed by atoms with Gasteiger partial charge >= 0.3 is 0 Å². The van der Waals surface area contributed by atoms with E-state index >= 15 is 0 Å². The predicted molar refractivity (Wildman–Crippen MR) is 149 cm³/mol. The molecule has 2 aromatic carbocycles. The first-order valence-corrected chi connectivity index (χ1v) is 12.8. The smallest absolute Gasteiger partial charge is 0.288 e. The Kier molecular flexibility index (Phi) is 7.57. The van der Waals surface area contributed by atoms with E-state index < -0.39 is 0 Å². The molecule has 0 bridgehead atoms. The van der Waals surface area contributed by atoms with Gasteiger partial charge in [-0.25, -0.2) is 9.49 Å². The normalized spacial score (nSPS) is 16.6. The molecular weight excluding hydrogens is 483 g/mol. The number of piperidine rings is 1. The van der Waals surface area contributed by atoms with Gasteiger partial charge in [-0.1, -0.05) is 24.3 Å². The molecule has 1 unspecified atom stereocenters. The van der Waals surface area contributed by atoms with E-state index in [9.17, 15) is 9.18 Å². The average Bonchev–Trinajstić information content (AvgIpc) is 3.33. The minimum atomic E-state index is -0.313. The summed E-state index contributed by atoms with van der Waals surface area (Å²) in [6.45, 7) is 3.68. The van der Waals surface area contributed by atoms with Gasteiger partial charge in [-0.15, -0.1) is 0 Å². The monoisotopic (exact) mass is 516 g/mol. The lowest BCUT2D eigenvalue weighted by molar-refractivity contribution is 0.196. The molecule has 0 radical (unpaired) electrons. The highest BCUT2D eigenvalue weighted by Gasteiger charge is 2.25. The van der Waals surface area contributed by atoms with Gasteiger partial charge in [0.15, 0.2) is 5.82 Å². The maximum absolute atomic E-state index is 13.2. The minimum Gasteiger partial charge on any atom is -0.457 e. The molecule has 198 valence electrons. The number of nitrogens with one attached hydrogen (secondary N) is 1. The van der Waals surface area contributed by atoms with E-state index in [1.807, 2.05) is 30.5 Å². The van der Waals surface area contributed by atoms with Crippen molar-refractivity contribution in [2.24, 2.45) is 0 Å². The Morgan fingerprint density at radius 1 is 1.13 bits per heavy atom. The van der Waals surface area contributed by atoms with E-state index in [2.05, 4.69) is 50.8 Å². The van der Waals surface area contributed by atoms with Gasteiger partial charge in [-0.2, -0.15) is 5.10 Å². The Labute approximate surface area is 221 Å². The fourth-order valence-corrected chi connectivity index (χ4v) is 5.02. The molecule has 1 atom stereocenters. The number of aromatic amines is 1. The van der Waals surface area contributed by atoms with Gasteiger partial charge in [0.1, 0.15) is 22.8 Å². The summed E-state index contributed by atoms with van der Waals surface area (Å²) in [5.41, 5.74) is 8.37. The third-order valence-electron chi connectivity index (χ3n) is 6.87. The van der Waals surface area contributed by atoms with E-state index in [0.29, 0.717) is 28.2 Å². The van der Waals surface area contributed by atoms with Crippen molar-refractivity contribution < 1.29 is 9.13 Å². The third kappa shape index (κ3) is 5.64. The van der Waals surface area contributed by atoms with Crippen molar-refractivity contribution >= 4 is 16.7 Å². The topological polar surface area (TPSA) is 92.4 Å². The van der Waals surface area contributed by atoms with Crippen LogP contribution < -0.4 is 16.0 Å². The van der Waals surface area contributed by atoms with E-state index in [0.717, 1.165) is 50.1 Å². The average molecular weight is 517 g/mol. The summed E-state index contributed by atoms with van der Waals surface area (Å²) in [6.07, 6.45) is 8.46. The number of rotatable bonds is 8. The zero-order valence-corrected chi connectivity index (χ0v) is 21.7. The van der Waals surface area contributed by atoms with Crippen LogP contribution in [-0.4, -0.2) is 64.8 Å². The SMILES string of the molecule is CN(C)C/C=C/CN1CCCC(n2cc(-c3ccc(Oc4ccc(F)cc4)cc3)c3c(N)n[nH]c(=O)c32)C1. The van der Waals surface area contributed by atoms with Crippen molar-refractivity contribution in [3.05, 3.63) is 83.1 Å². The number of aromatic nitrogens is 3. The van der Waals surface area contributed by atoms with Crippen molar-refractivity contribution in [1.82, 2.24) is 24.6 Å². The molecule has 1 aliphatic rings. The number of anilines is 1. The lowest BCUT2D eigenvalue weighted by Gasteiger charge is -2.33. The number of likely N-dealkylation sites (tertiary alicyclic amines) is 1. The van der Waals surface area contributed by atoms with Crippen LogP contribution in [0, 0.1) is 5.82 Å². The Morgan fingerprint density at radius 3 is 2.55 bits per heavy atom. The molecule has 0 saturated carbocycles. The number of ether oxygens (including phenoxy) is 1. The van der Waals surface area contributed by atoms with Gasteiger partial charge in [0, 0.05) is 37.4 Å². The standard InChI is InChI=1S/C29H33FN6O2/c1-34(2)15-3-4-16-35-17-5-6-22(18-35)36-19-25(26-27(36)29(37)33-32-28(26)31)20-7-11-23(12-8-20)38-24-13-9-21(30)10-14-24/h3-4,7-14,19,22H,5-6,15-18H2,1-2H3,(H2,31,32)(H,33,37)/b4-3+. The second-order valence-electron chi connectivity index (χ2n) is 9.98. The molecule has 1 aliphatic heterocycles. The first-order valence-electron chi connectivity index (χ1n) is 12.8. The van der Waals surface area contributed by atoms with Gasteiger partial charge in [0.25, 0.3) is 5.56 Å². The van der Waals surface area contributed by atoms with Crippen LogP contribution in [0.3, 0.4) is 0 Å². The Balaban J connectivity index is 1.43. The molecule has 3 N–H and O–H groups in total. The zero-order chi connectivity index (χ0) is 26.6. The number of hydrogen-bond acceptors (Lipinski definition) is 6. The van der Waals surface area contributed by atoms with Gasteiger partial charge in [0.2, 0.25) is 0 Å². The fraction of sp³-hybridized carbons (Fsp3) is 0.310. The highest BCUT2D eigenvalue weighted by molar-refractivity contribution is 6.02. The number of fused-ring (bicyclic) bond motifs is 1. The number of hydrogen-bond donors (Lipinski definition) is 2. The number of nitrogens with zero attached hydrogens (tertiary/aromatic N) is 4. The maximum atomic E-state index is 13.2. The summed E-state index contributed by atoms with van der Waals surface area (Å²) < 4.78 is 21.1. The van der Waals surface area contributed by atoms with E-state index in [-0.39, 0.29) is 17.4 Å².